The molecule has 0 aliphatic carbocycles. The zero-order valence-corrected chi connectivity index (χ0v) is 14.6. The highest BCUT2D eigenvalue weighted by Gasteiger charge is 2.40. The molecule has 0 aromatic carbocycles. The molecule has 0 radical (unpaired) electrons. The number of anilines is 1. The molecule has 3 aromatic rings. The maximum atomic E-state index is 13.6. The van der Waals surface area contributed by atoms with E-state index in [4.69, 9.17) is 5.73 Å². The molecule has 0 spiro atoms. The largest absolute Gasteiger partial charge is 0.421 e. The lowest BCUT2D eigenvalue weighted by Crippen LogP contribution is -2.35. The zero-order chi connectivity index (χ0) is 16.6. The highest BCUT2D eigenvalue weighted by molar-refractivity contribution is 7.25. The molecule has 2 N–H and O–H groups in total. The number of rotatable bonds is 5. The number of nitrogens with two attached hydrogens (primary N) is 1. The average Bonchev–Trinajstić information content (AvgIpc) is 3.11. The van der Waals surface area contributed by atoms with Crippen molar-refractivity contribution in [3.05, 3.63) is 33.3 Å². The molecular formula is C14H14F3N3S3. The smallest absolute Gasteiger partial charge is 0.357 e. The van der Waals surface area contributed by atoms with Crippen molar-refractivity contribution in [1.29, 1.82) is 0 Å². The van der Waals surface area contributed by atoms with Crippen LogP contribution in [0.5, 0.6) is 0 Å². The van der Waals surface area contributed by atoms with Gasteiger partial charge in [-0.1, -0.05) is 0 Å². The molecule has 3 rings (SSSR count). The van der Waals surface area contributed by atoms with E-state index in [1.165, 1.54) is 11.3 Å². The Morgan fingerprint density at radius 2 is 2.13 bits per heavy atom. The first-order valence-corrected chi connectivity index (χ1v) is 9.41. The molecule has 0 fully saturated rings. The lowest BCUT2D eigenvalue weighted by Gasteiger charge is -2.26. The van der Waals surface area contributed by atoms with Crippen LogP contribution < -0.4 is 10.6 Å². The Kier molecular flexibility index (Phi) is 4.63. The summed E-state index contributed by atoms with van der Waals surface area (Å²) in [6, 6.07) is 1.68. The van der Waals surface area contributed by atoms with E-state index in [9.17, 15) is 13.2 Å². The van der Waals surface area contributed by atoms with Crippen LogP contribution in [0.2, 0.25) is 0 Å². The second-order valence-electron chi connectivity index (χ2n) is 5.30. The molecule has 0 bridgehead atoms. The molecule has 124 valence electrons. The minimum Gasteiger partial charge on any atom is -0.357 e. The molecule has 1 atom stereocenters. The van der Waals surface area contributed by atoms with E-state index >= 15 is 0 Å². The fourth-order valence-corrected chi connectivity index (χ4v) is 5.00. The van der Waals surface area contributed by atoms with Gasteiger partial charge in [-0.05, 0) is 40.8 Å². The molecular weight excluding hydrogens is 363 g/mol. The third-order valence-corrected chi connectivity index (χ3v) is 5.92. The van der Waals surface area contributed by atoms with Crippen molar-refractivity contribution in [2.45, 2.75) is 25.7 Å². The summed E-state index contributed by atoms with van der Waals surface area (Å²) >= 11 is 3.70. The number of nitrogens with zero attached hydrogens (tertiary/aromatic N) is 2. The van der Waals surface area contributed by atoms with Crippen LogP contribution in [0, 0.1) is 0 Å². The van der Waals surface area contributed by atoms with Crippen LogP contribution in [0.3, 0.4) is 0 Å². The minimum atomic E-state index is -4.44. The number of fused-ring (bicyclic) bond motifs is 1. The predicted octanol–water partition coefficient (Wildman–Crippen LogP) is 4.79. The van der Waals surface area contributed by atoms with Gasteiger partial charge in [-0.3, -0.25) is 0 Å². The van der Waals surface area contributed by atoms with Gasteiger partial charge in [0.25, 0.3) is 0 Å². The first-order valence-electron chi connectivity index (χ1n) is 6.82. The van der Waals surface area contributed by atoms with Crippen LogP contribution in [0.15, 0.2) is 22.2 Å². The molecule has 23 heavy (non-hydrogen) atoms. The third-order valence-electron chi connectivity index (χ3n) is 3.23. The Morgan fingerprint density at radius 1 is 1.35 bits per heavy atom. The Bertz CT molecular complexity index is 774. The van der Waals surface area contributed by atoms with Crippen LogP contribution in [0.4, 0.5) is 18.2 Å². The Balaban J connectivity index is 2.07. The molecule has 0 aliphatic heterocycles. The highest BCUT2D eigenvalue weighted by atomic mass is 32.1. The summed E-state index contributed by atoms with van der Waals surface area (Å²) in [7, 11) is 0. The predicted molar refractivity (Wildman–Crippen MR) is 91.5 cm³/mol. The van der Waals surface area contributed by atoms with E-state index in [1.807, 2.05) is 16.8 Å². The van der Waals surface area contributed by atoms with Crippen molar-refractivity contribution in [2.75, 3.05) is 11.4 Å². The molecule has 0 aliphatic rings. The SMILES string of the molecule is C[C@H](N)CN(Cc1ccsc1)c1sc2csnc2c1C(F)(F)F. The van der Waals surface area contributed by atoms with Crippen LogP contribution in [0.25, 0.3) is 10.2 Å². The van der Waals surface area contributed by atoms with E-state index < -0.39 is 11.7 Å². The van der Waals surface area contributed by atoms with Crippen LogP contribution in [0.1, 0.15) is 18.1 Å². The summed E-state index contributed by atoms with van der Waals surface area (Å²) in [5, 5.41) is 5.71. The van der Waals surface area contributed by atoms with Crippen molar-refractivity contribution in [1.82, 2.24) is 4.37 Å². The van der Waals surface area contributed by atoms with E-state index in [1.54, 1.807) is 17.2 Å². The van der Waals surface area contributed by atoms with Crippen LogP contribution in [-0.4, -0.2) is 17.0 Å². The summed E-state index contributed by atoms with van der Waals surface area (Å²) in [6.07, 6.45) is -4.44. The van der Waals surface area contributed by atoms with E-state index in [0.29, 0.717) is 17.8 Å². The van der Waals surface area contributed by atoms with Gasteiger partial charge in [-0.25, -0.2) is 0 Å². The molecule has 0 unspecified atom stereocenters. The summed E-state index contributed by atoms with van der Waals surface area (Å²) in [6.45, 7) is 2.55. The first kappa shape index (κ1) is 16.7. The Hall–Kier alpha value is -1.16. The average molecular weight is 377 g/mol. The van der Waals surface area contributed by atoms with Gasteiger partial charge < -0.3 is 10.6 Å². The fourth-order valence-electron chi connectivity index (χ4n) is 2.37. The van der Waals surface area contributed by atoms with Gasteiger partial charge in [-0.15, -0.1) is 11.3 Å². The lowest BCUT2D eigenvalue weighted by atomic mass is 10.2. The summed E-state index contributed by atoms with van der Waals surface area (Å²) in [5.74, 6) is 0. The van der Waals surface area contributed by atoms with Crippen molar-refractivity contribution in [3.8, 4) is 0 Å². The fraction of sp³-hybridized carbons (Fsp3) is 0.357. The minimum absolute atomic E-state index is 0.0440. The summed E-state index contributed by atoms with van der Waals surface area (Å²) in [5.41, 5.74) is 6.24. The Morgan fingerprint density at radius 3 is 2.74 bits per heavy atom. The highest BCUT2D eigenvalue weighted by Crippen LogP contribution is 2.47. The third kappa shape index (κ3) is 3.52. The van der Waals surface area contributed by atoms with Gasteiger partial charge in [0.2, 0.25) is 0 Å². The van der Waals surface area contributed by atoms with Crippen molar-refractivity contribution >= 4 is 49.4 Å². The molecule has 9 heteroatoms. The normalized spacial score (nSPS) is 13.6. The van der Waals surface area contributed by atoms with E-state index in [-0.39, 0.29) is 16.6 Å². The number of alkyl halides is 3. The van der Waals surface area contributed by atoms with Gasteiger partial charge in [-0.2, -0.15) is 28.9 Å². The standard InChI is InChI=1S/C14H14F3N3S3/c1-8(18)4-20(5-9-2-3-21-6-9)13-11(14(15,16)17)12-10(23-13)7-22-19-12/h2-3,6-8H,4-5,18H2,1H3/t8-/m0/s1. The van der Waals surface area contributed by atoms with Gasteiger partial charge >= 0.3 is 6.18 Å². The van der Waals surface area contributed by atoms with Gasteiger partial charge in [0, 0.05) is 24.5 Å². The lowest BCUT2D eigenvalue weighted by molar-refractivity contribution is -0.135. The zero-order valence-electron chi connectivity index (χ0n) is 12.1. The second-order valence-corrected chi connectivity index (χ2v) is 7.74. The maximum Gasteiger partial charge on any atom is 0.421 e. The van der Waals surface area contributed by atoms with Crippen LogP contribution >= 0.6 is 34.2 Å². The number of aromatic nitrogens is 1. The van der Waals surface area contributed by atoms with Gasteiger partial charge in [0.15, 0.2) is 0 Å². The Labute approximate surface area is 143 Å². The van der Waals surface area contributed by atoms with E-state index in [2.05, 4.69) is 4.37 Å². The first-order chi connectivity index (χ1) is 10.9. The molecule has 3 nitrogen and oxygen atoms in total. The molecule has 3 aromatic heterocycles. The topological polar surface area (TPSA) is 42.1 Å². The van der Waals surface area contributed by atoms with Gasteiger partial charge in [0.1, 0.15) is 16.1 Å². The molecule has 0 saturated heterocycles. The van der Waals surface area contributed by atoms with Crippen molar-refractivity contribution in [2.24, 2.45) is 5.73 Å². The monoisotopic (exact) mass is 377 g/mol. The summed E-state index contributed by atoms with van der Waals surface area (Å²) < 4.78 is 45.3. The van der Waals surface area contributed by atoms with E-state index in [0.717, 1.165) is 28.4 Å². The summed E-state index contributed by atoms with van der Waals surface area (Å²) in [4.78, 5) is 1.71. The number of hydrogen-bond acceptors (Lipinski definition) is 6. The number of thiophene rings is 2. The van der Waals surface area contributed by atoms with Crippen molar-refractivity contribution < 1.29 is 13.2 Å². The van der Waals surface area contributed by atoms with Gasteiger partial charge in [0.05, 0.1) is 4.70 Å². The number of hydrogen-bond donors (Lipinski definition) is 1. The van der Waals surface area contributed by atoms with Crippen LogP contribution in [-0.2, 0) is 12.7 Å². The number of halogens is 3. The second kappa shape index (κ2) is 6.39. The maximum absolute atomic E-state index is 13.6. The molecule has 0 saturated carbocycles. The quantitative estimate of drug-likeness (QED) is 0.695. The van der Waals surface area contributed by atoms with Crippen molar-refractivity contribution in [3.63, 3.8) is 0 Å². The molecule has 3 heterocycles. The molecule has 0 amide bonds.